The maximum absolute atomic E-state index is 2.46. The Labute approximate surface area is 368 Å². The largest absolute Gasteiger partial charge is 0.309 e. The van der Waals surface area contributed by atoms with Crippen LogP contribution in [-0.4, -0.2) is 9.13 Å². The highest BCUT2D eigenvalue weighted by Crippen LogP contribution is 2.48. The van der Waals surface area contributed by atoms with E-state index in [0.717, 1.165) is 11.4 Å². The molecule has 0 bridgehead atoms. The molecular weight excluding hydrogens is 781 g/mol. The molecule has 0 aliphatic rings. The van der Waals surface area contributed by atoms with Gasteiger partial charge in [-0.05, 0) is 105 Å². The van der Waals surface area contributed by atoms with Crippen LogP contribution in [0.15, 0.2) is 231 Å². The summed E-state index contributed by atoms with van der Waals surface area (Å²) in [6.45, 7) is 0. The second-order valence-corrected chi connectivity index (χ2v) is 17.5. The number of aromatic nitrogens is 2. The molecule has 0 atom stereocenters. The Balaban J connectivity index is 1.09. The Hall–Kier alpha value is -7.98. The number of hydrogen-bond acceptors (Lipinski definition) is 1. The first-order valence-electron chi connectivity index (χ1n) is 21.6. The van der Waals surface area contributed by atoms with Crippen molar-refractivity contribution < 1.29 is 0 Å². The van der Waals surface area contributed by atoms with E-state index in [9.17, 15) is 0 Å². The van der Waals surface area contributed by atoms with E-state index in [0.29, 0.717) is 0 Å². The van der Waals surface area contributed by atoms with E-state index in [2.05, 4.69) is 240 Å². The van der Waals surface area contributed by atoms with E-state index in [-0.39, 0.29) is 0 Å². The van der Waals surface area contributed by atoms with Gasteiger partial charge in [0.25, 0.3) is 0 Å². The highest BCUT2D eigenvalue weighted by molar-refractivity contribution is 7.27. The predicted molar refractivity (Wildman–Crippen MR) is 270 cm³/mol. The minimum atomic E-state index is 1.15. The molecule has 0 saturated carbocycles. The summed E-state index contributed by atoms with van der Waals surface area (Å²) in [7, 11) is 0. The minimum absolute atomic E-state index is 1.15. The molecule has 13 rings (SSSR count). The normalized spacial score (nSPS) is 11.8. The number of thiophene rings is 1. The molecule has 13 aromatic rings. The van der Waals surface area contributed by atoms with Gasteiger partial charge in [0.05, 0.1) is 22.1 Å². The molecule has 10 aromatic carbocycles. The quantitative estimate of drug-likeness (QED) is 0.158. The molecule has 0 fully saturated rings. The van der Waals surface area contributed by atoms with Crippen molar-refractivity contribution in [2.24, 2.45) is 0 Å². The molecule has 2 nitrogen and oxygen atoms in total. The topological polar surface area (TPSA) is 9.86 Å². The third-order valence-electron chi connectivity index (χ3n) is 12.9. The van der Waals surface area contributed by atoms with Crippen molar-refractivity contribution in [1.82, 2.24) is 9.13 Å². The first kappa shape index (κ1) is 35.7. The Morgan fingerprint density at radius 2 is 0.540 bits per heavy atom. The van der Waals surface area contributed by atoms with Crippen LogP contribution in [0.25, 0.3) is 120 Å². The zero-order valence-corrected chi connectivity index (χ0v) is 35.1. The van der Waals surface area contributed by atoms with Crippen molar-refractivity contribution in [2.75, 3.05) is 0 Å². The van der Waals surface area contributed by atoms with Crippen molar-refractivity contribution in [3.05, 3.63) is 231 Å². The summed E-state index contributed by atoms with van der Waals surface area (Å²) in [4.78, 5) is 0. The van der Waals surface area contributed by atoms with Gasteiger partial charge in [-0.3, -0.25) is 0 Å². The van der Waals surface area contributed by atoms with Gasteiger partial charge in [-0.25, -0.2) is 0 Å². The van der Waals surface area contributed by atoms with Gasteiger partial charge in [-0.1, -0.05) is 170 Å². The molecule has 0 saturated heterocycles. The summed E-state index contributed by atoms with van der Waals surface area (Å²) in [5.74, 6) is 0. The Morgan fingerprint density at radius 1 is 0.238 bits per heavy atom. The summed E-state index contributed by atoms with van der Waals surface area (Å²) in [6, 6.07) is 84.4. The molecule has 0 radical (unpaired) electrons. The maximum Gasteiger partial charge on any atom is 0.0555 e. The summed E-state index contributed by atoms with van der Waals surface area (Å²) in [5, 5.41) is 7.71. The number of hydrogen-bond donors (Lipinski definition) is 0. The van der Waals surface area contributed by atoms with Crippen molar-refractivity contribution in [1.29, 1.82) is 0 Å². The monoisotopic (exact) mass is 818 g/mol. The van der Waals surface area contributed by atoms with Gasteiger partial charge in [0.1, 0.15) is 0 Å². The molecule has 0 N–H and O–H groups in total. The summed E-state index contributed by atoms with van der Waals surface area (Å²) in [5.41, 5.74) is 16.9. The van der Waals surface area contributed by atoms with Crippen LogP contribution in [0.5, 0.6) is 0 Å². The van der Waals surface area contributed by atoms with Gasteiger partial charge < -0.3 is 9.13 Å². The Morgan fingerprint density at radius 3 is 0.905 bits per heavy atom. The first-order valence-corrected chi connectivity index (χ1v) is 22.4. The fourth-order valence-corrected chi connectivity index (χ4v) is 11.4. The first-order chi connectivity index (χ1) is 31.2. The SMILES string of the molecule is c1ccc(-c2ccc(-n3c4ccc(-c5ccccc5)cc4c4c5sc6c(ccc7c6c6cc(-c8ccccc8)ccc6n7-c6ccc(-c7ccccc7)cc6)c5ccc43)cc2)cc1. The number of rotatable bonds is 6. The van der Waals surface area contributed by atoms with Crippen LogP contribution < -0.4 is 0 Å². The van der Waals surface area contributed by atoms with Gasteiger partial charge in [0.2, 0.25) is 0 Å². The van der Waals surface area contributed by atoms with E-state index >= 15 is 0 Å². The second-order valence-electron chi connectivity index (χ2n) is 16.5. The van der Waals surface area contributed by atoms with Crippen molar-refractivity contribution >= 4 is 75.1 Å². The standard InChI is InChI=1S/C60H38N2S/c1-5-13-39(14-6-1)43-21-27-47(28-22-43)61-53-33-25-45(41-17-9-3-10-18-41)37-51(53)57-55(61)35-31-49-50-32-36-56-58(60(50)63-59(49)57)52-38-46(42-19-11-4-12-20-42)26-34-54(52)62(56)48-29-23-44(24-30-48)40-15-7-2-8-16-40/h1-38H. The Kier molecular flexibility index (Phi) is 8.12. The average Bonchev–Trinajstić information content (AvgIpc) is 4.02. The lowest BCUT2D eigenvalue weighted by Crippen LogP contribution is -1.94. The fraction of sp³-hybridized carbons (Fsp3) is 0. The predicted octanol–water partition coefficient (Wildman–Crippen LogP) is 16.9. The maximum atomic E-state index is 2.46. The van der Waals surface area contributed by atoms with E-state index in [4.69, 9.17) is 0 Å². The lowest BCUT2D eigenvalue weighted by atomic mass is 10.0. The van der Waals surface area contributed by atoms with Crippen molar-refractivity contribution in [3.63, 3.8) is 0 Å². The molecule has 0 aliphatic carbocycles. The van der Waals surface area contributed by atoms with Crippen molar-refractivity contribution in [2.45, 2.75) is 0 Å². The smallest absolute Gasteiger partial charge is 0.0555 e. The van der Waals surface area contributed by atoms with Gasteiger partial charge in [0.15, 0.2) is 0 Å². The minimum Gasteiger partial charge on any atom is -0.309 e. The lowest BCUT2D eigenvalue weighted by molar-refractivity contribution is 1.18. The highest BCUT2D eigenvalue weighted by atomic mass is 32.1. The second kappa shape index (κ2) is 14.3. The van der Waals surface area contributed by atoms with Gasteiger partial charge in [0, 0.05) is 53.1 Å². The zero-order valence-electron chi connectivity index (χ0n) is 34.2. The molecule has 0 unspecified atom stereocenters. The number of nitrogens with zero attached hydrogens (tertiary/aromatic N) is 2. The van der Waals surface area contributed by atoms with E-state index in [1.54, 1.807) is 0 Å². The fourth-order valence-electron chi connectivity index (χ4n) is 9.94. The van der Waals surface area contributed by atoms with Gasteiger partial charge in [-0.15, -0.1) is 11.3 Å². The van der Waals surface area contributed by atoms with Crippen LogP contribution >= 0.6 is 11.3 Å². The molecule has 294 valence electrons. The summed E-state index contributed by atoms with van der Waals surface area (Å²) >= 11 is 1.94. The molecule has 63 heavy (non-hydrogen) atoms. The van der Waals surface area contributed by atoms with E-state index < -0.39 is 0 Å². The molecule has 0 aliphatic heterocycles. The third kappa shape index (κ3) is 5.71. The lowest BCUT2D eigenvalue weighted by Gasteiger charge is -2.10. The van der Waals surface area contributed by atoms with Crippen molar-refractivity contribution in [3.8, 4) is 55.9 Å². The zero-order chi connectivity index (χ0) is 41.4. The van der Waals surface area contributed by atoms with E-state index in [1.807, 2.05) is 11.3 Å². The Bertz CT molecular complexity index is 3590. The van der Waals surface area contributed by atoms with E-state index in [1.165, 1.54) is 108 Å². The van der Waals surface area contributed by atoms with Crippen LogP contribution in [0.2, 0.25) is 0 Å². The van der Waals surface area contributed by atoms with Gasteiger partial charge in [-0.2, -0.15) is 0 Å². The van der Waals surface area contributed by atoms with Crippen LogP contribution in [0.3, 0.4) is 0 Å². The summed E-state index contributed by atoms with van der Waals surface area (Å²) in [6.07, 6.45) is 0. The number of fused-ring (bicyclic) bond motifs is 11. The molecule has 0 amide bonds. The van der Waals surface area contributed by atoms with Crippen LogP contribution in [-0.2, 0) is 0 Å². The molecule has 3 heteroatoms. The number of benzene rings is 10. The molecule has 3 aromatic heterocycles. The highest BCUT2D eigenvalue weighted by Gasteiger charge is 2.22. The van der Waals surface area contributed by atoms with Crippen LogP contribution in [0.4, 0.5) is 0 Å². The van der Waals surface area contributed by atoms with Crippen LogP contribution in [0.1, 0.15) is 0 Å². The summed E-state index contributed by atoms with van der Waals surface area (Å²) < 4.78 is 7.56. The molecule has 0 spiro atoms. The van der Waals surface area contributed by atoms with Crippen LogP contribution in [0, 0.1) is 0 Å². The van der Waals surface area contributed by atoms with Gasteiger partial charge >= 0.3 is 0 Å². The third-order valence-corrected chi connectivity index (χ3v) is 14.2. The molecular formula is C60H38N2S. The molecule has 3 heterocycles. The average molecular weight is 819 g/mol.